The number of hydrogen-bond acceptors (Lipinski definition) is 4. The van der Waals surface area contributed by atoms with Crippen molar-refractivity contribution in [1.82, 2.24) is 4.98 Å². The molecule has 0 aliphatic heterocycles. The van der Waals surface area contributed by atoms with Gasteiger partial charge in [0.15, 0.2) is 0 Å². The first-order valence-electron chi connectivity index (χ1n) is 4.93. The topological polar surface area (TPSA) is 59.4 Å². The number of aromatic nitrogens is 1. The third-order valence-electron chi connectivity index (χ3n) is 3.00. The zero-order valence-electron chi connectivity index (χ0n) is 8.52. The first kappa shape index (κ1) is 10.4. The number of carboxylic acid groups (broad SMARTS) is 1. The summed E-state index contributed by atoms with van der Waals surface area (Å²) in [4.78, 5) is 16.2. The van der Waals surface area contributed by atoms with E-state index in [1.807, 2.05) is 0 Å². The Labute approximate surface area is 91.9 Å². The number of methoxy groups -OCH3 is 1. The van der Waals surface area contributed by atoms with E-state index in [-0.39, 0.29) is 0 Å². The molecule has 1 aliphatic rings. The molecule has 1 heterocycles. The van der Waals surface area contributed by atoms with E-state index in [1.54, 1.807) is 13.3 Å². The van der Waals surface area contributed by atoms with E-state index in [1.165, 1.54) is 11.3 Å². The van der Waals surface area contributed by atoms with Crippen LogP contribution in [0.5, 0.6) is 5.19 Å². The average Bonchev–Trinajstić information content (AvgIpc) is 2.87. The summed E-state index contributed by atoms with van der Waals surface area (Å²) in [5, 5.41) is 9.88. The largest absolute Gasteiger partial charge is 0.481 e. The molecule has 1 aliphatic carbocycles. The fraction of sp³-hybridized carbons (Fsp3) is 0.600. The molecule has 15 heavy (non-hydrogen) atoms. The van der Waals surface area contributed by atoms with Crippen molar-refractivity contribution in [3.63, 3.8) is 0 Å². The Bertz CT molecular complexity index is 368. The van der Waals surface area contributed by atoms with Crippen LogP contribution in [0.1, 0.15) is 30.6 Å². The van der Waals surface area contributed by atoms with Crippen LogP contribution in [0.25, 0.3) is 0 Å². The lowest BCUT2D eigenvalue weighted by atomic mass is 9.85. The highest BCUT2D eigenvalue weighted by Gasteiger charge is 2.44. The van der Waals surface area contributed by atoms with Crippen LogP contribution in [0.4, 0.5) is 0 Å². The van der Waals surface area contributed by atoms with Gasteiger partial charge in [-0.2, -0.15) is 0 Å². The van der Waals surface area contributed by atoms with Gasteiger partial charge in [0.25, 0.3) is 5.19 Å². The van der Waals surface area contributed by atoms with Gasteiger partial charge in [0, 0.05) is 11.1 Å². The molecule has 1 aromatic rings. The third-order valence-corrected chi connectivity index (χ3v) is 4.16. The van der Waals surface area contributed by atoms with Gasteiger partial charge in [-0.25, -0.2) is 4.98 Å². The predicted molar refractivity (Wildman–Crippen MR) is 56.4 cm³/mol. The van der Waals surface area contributed by atoms with Crippen molar-refractivity contribution in [3.05, 3.63) is 11.1 Å². The van der Waals surface area contributed by atoms with Crippen molar-refractivity contribution in [2.45, 2.75) is 31.1 Å². The highest BCUT2D eigenvalue weighted by molar-refractivity contribution is 7.13. The molecular weight excluding hydrogens is 214 g/mol. The Morgan fingerprint density at radius 3 is 2.73 bits per heavy atom. The van der Waals surface area contributed by atoms with Gasteiger partial charge in [0.1, 0.15) is 5.41 Å². The van der Waals surface area contributed by atoms with Crippen molar-refractivity contribution in [2.75, 3.05) is 7.11 Å². The number of thiazole rings is 1. The molecule has 0 amide bonds. The van der Waals surface area contributed by atoms with E-state index in [9.17, 15) is 9.90 Å². The number of carbonyl (C=O) groups is 1. The molecule has 1 saturated carbocycles. The first-order chi connectivity index (χ1) is 7.19. The third kappa shape index (κ3) is 1.61. The molecule has 1 N–H and O–H groups in total. The quantitative estimate of drug-likeness (QED) is 0.858. The van der Waals surface area contributed by atoms with Gasteiger partial charge in [0.05, 0.1) is 7.11 Å². The fourth-order valence-electron chi connectivity index (χ4n) is 2.12. The van der Waals surface area contributed by atoms with E-state index < -0.39 is 11.4 Å². The molecule has 4 nitrogen and oxygen atoms in total. The van der Waals surface area contributed by atoms with Crippen LogP contribution in [0, 0.1) is 0 Å². The number of ether oxygens (including phenoxy) is 1. The van der Waals surface area contributed by atoms with Crippen LogP contribution in [0.15, 0.2) is 6.20 Å². The smallest absolute Gasteiger partial charge is 0.315 e. The van der Waals surface area contributed by atoms with E-state index in [4.69, 9.17) is 4.74 Å². The van der Waals surface area contributed by atoms with Gasteiger partial charge in [-0.05, 0) is 12.8 Å². The van der Waals surface area contributed by atoms with Crippen LogP contribution >= 0.6 is 11.3 Å². The first-order valence-corrected chi connectivity index (χ1v) is 5.74. The highest BCUT2D eigenvalue weighted by Crippen LogP contribution is 2.44. The minimum Gasteiger partial charge on any atom is -0.481 e. The summed E-state index contributed by atoms with van der Waals surface area (Å²) in [5.74, 6) is -0.730. The molecular formula is C10H13NO3S. The molecule has 0 saturated heterocycles. The van der Waals surface area contributed by atoms with Gasteiger partial charge in [-0.15, -0.1) is 0 Å². The lowest BCUT2D eigenvalue weighted by Crippen LogP contribution is -2.31. The standard InChI is InChI=1S/C10H13NO3S/c1-14-9-11-6-7(15-9)10(8(12)13)4-2-3-5-10/h6H,2-5H2,1H3,(H,12,13). The SMILES string of the molecule is COc1ncc(C2(C(=O)O)CCCC2)s1. The van der Waals surface area contributed by atoms with Crippen LogP contribution in [0.3, 0.4) is 0 Å². The molecule has 0 atom stereocenters. The van der Waals surface area contributed by atoms with Crippen LogP contribution in [-0.4, -0.2) is 23.2 Å². The van der Waals surface area contributed by atoms with Crippen LogP contribution < -0.4 is 4.74 Å². The van der Waals surface area contributed by atoms with E-state index in [0.29, 0.717) is 18.0 Å². The summed E-state index contributed by atoms with van der Waals surface area (Å²) in [7, 11) is 1.55. The summed E-state index contributed by atoms with van der Waals surface area (Å²) in [6.07, 6.45) is 5.03. The van der Waals surface area contributed by atoms with Crippen molar-refractivity contribution in [2.24, 2.45) is 0 Å². The van der Waals surface area contributed by atoms with Gasteiger partial charge < -0.3 is 9.84 Å². The second-order valence-electron chi connectivity index (χ2n) is 3.79. The number of rotatable bonds is 3. The lowest BCUT2D eigenvalue weighted by Gasteiger charge is -2.21. The van der Waals surface area contributed by atoms with Crippen molar-refractivity contribution in [3.8, 4) is 5.19 Å². The molecule has 0 unspecified atom stereocenters. The number of hydrogen-bond donors (Lipinski definition) is 1. The van der Waals surface area contributed by atoms with Gasteiger partial charge in [0.2, 0.25) is 0 Å². The van der Waals surface area contributed by atoms with Crippen molar-refractivity contribution in [1.29, 1.82) is 0 Å². The van der Waals surface area contributed by atoms with E-state index in [2.05, 4.69) is 4.98 Å². The second kappa shape index (κ2) is 3.81. The highest BCUT2D eigenvalue weighted by atomic mass is 32.1. The van der Waals surface area contributed by atoms with Crippen molar-refractivity contribution >= 4 is 17.3 Å². The number of nitrogens with zero attached hydrogens (tertiary/aromatic N) is 1. The summed E-state index contributed by atoms with van der Waals surface area (Å²) in [5.41, 5.74) is -0.700. The maximum Gasteiger partial charge on any atom is 0.315 e. The predicted octanol–water partition coefficient (Wildman–Crippen LogP) is 2.05. The molecule has 2 rings (SSSR count). The number of aliphatic carboxylic acids is 1. The molecule has 0 radical (unpaired) electrons. The maximum atomic E-state index is 11.4. The second-order valence-corrected chi connectivity index (χ2v) is 4.78. The average molecular weight is 227 g/mol. The molecule has 0 bridgehead atoms. The van der Waals surface area contributed by atoms with Gasteiger partial charge in [-0.3, -0.25) is 4.79 Å². The van der Waals surface area contributed by atoms with Crippen LogP contribution in [-0.2, 0) is 10.2 Å². The Kier molecular flexibility index (Phi) is 2.65. The lowest BCUT2D eigenvalue weighted by molar-refractivity contribution is -0.143. The van der Waals surface area contributed by atoms with E-state index >= 15 is 0 Å². The molecule has 1 fully saturated rings. The summed E-state index contributed by atoms with van der Waals surface area (Å²) < 4.78 is 4.99. The maximum absolute atomic E-state index is 11.4. The molecule has 1 aromatic heterocycles. The Balaban J connectivity index is 2.36. The Morgan fingerprint density at radius 2 is 2.27 bits per heavy atom. The zero-order valence-corrected chi connectivity index (χ0v) is 9.34. The molecule has 0 aromatic carbocycles. The molecule has 0 spiro atoms. The monoisotopic (exact) mass is 227 g/mol. The Hall–Kier alpha value is -1.10. The number of carboxylic acids is 1. The minimum atomic E-state index is -0.730. The molecule has 5 heteroatoms. The zero-order chi connectivity index (χ0) is 10.9. The normalized spacial score (nSPS) is 19.0. The van der Waals surface area contributed by atoms with Gasteiger partial charge in [-0.1, -0.05) is 24.2 Å². The van der Waals surface area contributed by atoms with Crippen LogP contribution in [0.2, 0.25) is 0 Å². The van der Waals surface area contributed by atoms with Gasteiger partial charge >= 0.3 is 5.97 Å². The fourth-order valence-corrected chi connectivity index (χ4v) is 3.09. The minimum absolute atomic E-state index is 0.539. The summed E-state index contributed by atoms with van der Waals surface area (Å²) >= 11 is 1.34. The van der Waals surface area contributed by atoms with E-state index in [0.717, 1.165) is 17.7 Å². The summed E-state index contributed by atoms with van der Waals surface area (Å²) in [6, 6.07) is 0. The molecule has 82 valence electrons. The van der Waals surface area contributed by atoms with Crippen molar-refractivity contribution < 1.29 is 14.6 Å². The summed E-state index contributed by atoms with van der Waals surface area (Å²) in [6.45, 7) is 0. The Morgan fingerprint density at radius 1 is 1.60 bits per heavy atom.